The minimum absolute atomic E-state index is 0.376. The largest absolute Gasteiger partial charge is 0.453 e. The van der Waals surface area contributed by atoms with E-state index < -0.39 is 8.38 Å². The Kier molecular flexibility index (Phi) is 14.8. The molecule has 1 atom stereocenters. The van der Waals surface area contributed by atoms with E-state index in [0.29, 0.717) is 43.8 Å². The van der Waals surface area contributed by atoms with Crippen LogP contribution in [-0.2, 0) is 13.8 Å². The summed E-state index contributed by atoms with van der Waals surface area (Å²) in [6.07, 6.45) is 3.64. The molecule has 1 amide bonds. The molecule has 0 bridgehead atoms. The fourth-order valence-corrected chi connectivity index (χ4v) is 4.60. The van der Waals surface area contributed by atoms with Crippen molar-refractivity contribution in [2.75, 3.05) is 33.4 Å². The van der Waals surface area contributed by atoms with E-state index >= 15 is 0 Å². The fourth-order valence-electron chi connectivity index (χ4n) is 2.64. The van der Waals surface area contributed by atoms with E-state index in [1.807, 2.05) is 0 Å². The molecule has 25 heavy (non-hydrogen) atoms. The maximum absolute atomic E-state index is 10.9. The van der Waals surface area contributed by atoms with Crippen molar-refractivity contribution in [3.63, 3.8) is 0 Å². The Morgan fingerprint density at radius 2 is 1.64 bits per heavy atom. The number of amides is 1. The number of methoxy groups -OCH3 is 1. The van der Waals surface area contributed by atoms with Crippen LogP contribution >= 0.6 is 8.38 Å². The Hall–Kier alpha value is -0.890. The molecule has 0 radical (unpaired) electrons. The molecule has 0 saturated carbocycles. The van der Waals surface area contributed by atoms with Gasteiger partial charge >= 0.3 is 6.09 Å². The molecule has 1 unspecified atom stereocenters. The summed E-state index contributed by atoms with van der Waals surface area (Å²) in [5, 5.41) is 2.68. The molecule has 0 saturated heterocycles. The van der Waals surface area contributed by atoms with Crippen LogP contribution in [0.25, 0.3) is 4.85 Å². The van der Waals surface area contributed by atoms with Crippen molar-refractivity contribution in [3.05, 3.63) is 11.4 Å². The van der Waals surface area contributed by atoms with Gasteiger partial charge in [-0.2, -0.15) is 0 Å². The smallest absolute Gasteiger partial charge is 0.406 e. The van der Waals surface area contributed by atoms with Crippen molar-refractivity contribution < 1.29 is 18.6 Å². The van der Waals surface area contributed by atoms with Crippen molar-refractivity contribution >= 4 is 14.5 Å². The van der Waals surface area contributed by atoms with Crippen LogP contribution in [0.15, 0.2) is 0 Å². The van der Waals surface area contributed by atoms with E-state index in [4.69, 9.17) is 15.6 Å². The molecule has 0 spiro atoms. The van der Waals surface area contributed by atoms with Gasteiger partial charge in [0.25, 0.3) is 0 Å². The van der Waals surface area contributed by atoms with Crippen LogP contribution in [0.3, 0.4) is 0 Å². The zero-order valence-corrected chi connectivity index (χ0v) is 17.3. The highest BCUT2D eigenvalue weighted by Crippen LogP contribution is 2.50. The molecule has 0 rings (SSSR count). The zero-order valence-electron chi connectivity index (χ0n) is 16.4. The average molecular weight is 374 g/mol. The van der Waals surface area contributed by atoms with Crippen LogP contribution in [0.4, 0.5) is 4.79 Å². The molecule has 0 aromatic heterocycles. The fraction of sp³-hybridized carbons (Fsp3) is 0.889. The number of hydrogen-bond donors (Lipinski definition) is 1. The van der Waals surface area contributed by atoms with Gasteiger partial charge in [-0.25, -0.2) is 11.4 Å². The molecule has 146 valence electrons. The van der Waals surface area contributed by atoms with Gasteiger partial charge in [0.15, 0.2) is 8.38 Å². The highest BCUT2D eigenvalue weighted by atomic mass is 31.2. The molecule has 0 fully saturated rings. The summed E-state index contributed by atoms with van der Waals surface area (Å²) < 4.78 is 16.5. The van der Waals surface area contributed by atoms with E-state index in [1.54, 1.807) is 0 Å². The number of nitrogens with zero attached hydrogens (tertiary/aromatic N) is 1. The molecule has 7 heteroatoms. The predicted octanol–water partition coefficient (Wildman–Crippen LogP) is 4.85. The van der Waals surface area contributed by atoms with Gasteiger partial charge in [-0.15, -0.1) is 0 Å². The number of hydrogen-bond acceptors (Lipinski definition) is 4. The van der Waals surface area contributed by atoms with Crippen LogP contribution in [0, 0.1) is 18.4 Å². The number of rotatable bonds is 14. The van der Waals surface area contributed by atoms with Crippen LogP contribution in [-0.4, -0.2) is 45.2 Å². The van der Waals surface area contributed by atoms with Crippen molar-refractivity contribution in [1.29, 1.82) is 0 Å². The Morgan fingerprint density at radius 3 is 2.20 bits per heavy atom. The van der Waals surface area contributed by atoms with E-state index in [1.165, 1.54) is 7.11 Å². The number of carbonyl (C=O) groups is 1. The summed E-state index contributed by atoms with van der Waals surface area (Å²) >= 11 is 0. The Balaban J connectivity index is 4.09. The van der Waals surface area contributed by atoms with Gasteiger partial charge in [0.05, 0.1) is 13.7 Å². The second-order valence-electron chi connectivity index (χ2n) is 6.64. The summed E-state index contributed by atoms with van der Waals surface area (Å²) in [4.78, 5) is 14.3. The molecular formula is C18H35N2O4P. The lowest BCUT2D eigenvalue weighted by molar-refractivity contribution is 0.170. The van der Waals surface area contributed by atoms with E-state index in [-0.39, 0.29) is 6.09 Å². The van der Waals surface area contributed by atoms with Gasteiger partial charge in [-0.05, 0) is 24.7 Å². The normalized spacial score (nSPS) is 12.4. The molecule has 0 aromatic carbocycles. The highest BCUT2D eigenvalue weighted by molar-refractivity contribution is 7.48. The van der Waals surface area contributed by atoms with Gasteiger partial charge in [0, 0.05) is 12.2 Å². The lowest BCUT2D eigenvalue weighted by atomic mass is 10.00. The van der Waals surface area contributed by atoms with Gasteiger partial charge in [-0.1, -0.05) is 40.5 Å². The molecule has 0 aliphatic carbocycles. The second-order valence-corrected chi connectivity index (χ2v) is 8.33. The van der Waals surface area contributed by atoms with E-state index in [0.717, 1.165) is 25.7 Å². The number of alkyl carbamates (subject to hydrolysis) is 1. The third kappa shape index (κ3) is 12.2. The van der Waals surface area contributed by atoms with Crippen molar-refractivity contribution in [3.8, 4) is 0 Å². The maximum atomic E-state index is 10.9. The zero-order chi connectivity index (χ0) is 19.1. The van der Waals surface area contributed by atoms with Gasteiger partial charge in [-0.3, -0.25) is 0 Å². The Bertz CT molecular complexity index is 378. The van der Waals surface area contributed by atoms with Crippen molar-refractivity contribution in [2.45, 2.75) is 59.0 Å². The van der Waals surface area contributed by atoms with Gasteiger partial charge < -0.3 is 23.9 Å². The van der Waals surface area contributed by atoms with Crippen LogP contribution in [0.2, 0.25) is 0 Å². The first-order chi connectivity index (χ1) is 11.9. The first-order valence-electron chi connectivity index (χ1n) is 9.14. The molecule has 0 aromatic rings. The standard InChI is InChI=1S/C18H35N2O4P/c1-15(2)17(16(3)4)25(24-14-12-19-5)23-13-10-8-7-9-11-20-18(21)22-6/h15-17H,7-14H2,1-4,6H3,(H,20,21). The predicted molar refractivity (Wildman–Crippen MR) is 103 cm³/mol. The van der Waals surface area contributed by atoms with Gasteiger partial charge in [0.1, 0.15) is 6.61 Å². The lowest BCUT2D eigenvalue weighted by Gasteiger charge is -2.31. The Morgan fingerprint density at radius 1 is 1.04 bits per heavy atom. The molecule has 0 aliphatic heterocycles. The average Bonchev–Trinajstić information content (AvgIpc) is 2.56. The quantitative estimate of drug-likeness (QED) is 0.268. The third-order valence-corrected chi connectivity index (χ3v) is 6.33. The lowest BCUT2D eigenvalue weighted by Crippen LogP contribution is -2.24. The molecule has 1 N–H and O–H groups in total. The van der Waals surface area contributed by atoms with Crippen LogP contribution in [0.5, 0.6) is 0 Å². The number of nitrogens with one attached hydrogen (secondary N) is 1. The minimum atomic E-state index is -0.970. The number of carbonyl (C=O) groups excluding carboxylic acids is 1. The molecule has 6 nitrogen and oxygen atoms in total. The number of ether oxygens (including phenoxy) is 1. The molecular weight excluding hydrogens is 339 g/mol. The van der Waals surface area contributed by atoms with Crippen LogP contribution < -0.4 is 5.32 Å². The first-order valence-corrected chi connectivity index (χ1v) is 10.4. The molecule has 0 aliphatic rings. The van der Waals surface area contributed by atoms with Gasteiger partial charge in [0.2, 0.25) is 6.54 Å². The van der Waals surface area contributed by atoms with Crippen LogP contribution in [0.1, 0.15) is 53.4 Å². The summed E-state index contributed by atoms with van der Waals surface area (Å²) in [5.74, 6) is 0.979. The summed E-state index contributed by atoms with van der Waals surface area (Å²) in [7, 11) is 0.398. The Labute approximate surface area is 154 Å². The summed E-state index contributed by atoms with van der Waals surface area (Å²) in [5.41, 5.74) is 0.380. The maximum Gasteiger partial charge on any atom is 0.406 e. The van der Waals surface area contributed by atoms with E-state index in [2.05, 4.69) is 42.6 Å². The topological polar surface area (TPSA) is 61.2 Å². The minimum Gasteiger partial charge on any atom is -0.453 e. The highest BCUT2D eigenvalue weighted by Gasteiger charge is 2.30. The summed E-state index contributed by atoms with van der Waals surface area (Å²) in [6.45, 7) is 17.9. The van der Waals surface area contributed by atoms with E-state index in [9.17, 15) is 4.79 Å². The first kappa shape index (κ1) is 24.1. The monoisotopic (exact) mass is 374 g/mol. The van der Waals surface area contributed by atoms with Crippen molar-refractivity contribution in [1.82, 2.24) is 5.32 Å². The summed E-state index contributed by atoms with van der Waals surface area (Å²) in [6, 6.07) is 0. The third-order valence-electron chi connectivity index (χ3n) is 3.78. The van der Waals surface area contributed by atoms with Crippen molar-refractivity contribution in [2.24, 2.45) is 11.8 Å². The molecule has 0 heterocycles. The second kappa shape index (κ2) is 15.4. The number of unbranched alkanes of at least 4 members (excludes halogenated alkanes) is 3. The SMILES string of the molecule is [C-]#[N+]CCOP(OCCCCCCNC(=O)OC)C(C(C)C)C(C)C.